The minimum atomic E-state index is -0.189. The van der Waals surface area contributed by atoms with Gasteiger partial charge in [-0.1, -0.05) is 12.1 Å². The molecule has 1 N–H and O–H groups in total. The third kappa shape index (κ3) is 4.51. The monoisotopic (exact) mass is 365 g/mol. The number of nitrogens with one attached hydrogen (secondary N) is 1. The lowest BCUT2D eigenvalue weighted by Gasteiger charge is -2.13. The largest absolute Gasteiger partial charge is 0.497 e. The molecule has 0 heterocycles. The van der Waals surface area contributed by atoms with E-state index in [4.69, 9.17) is 4.74 Å². The maximum Gasteiger partial charge on any atom is 0.237 e. The lowest BCUT2D eigenvalue weighted by Crippen LogP contribution is -2.22. The molecule has 0 bridgehead atoms. The molecule has 0 saturated carbocycles. The number of rotatable bonds is 5. The Morgan fingerprint density at radius 2 is 1.86 bits per heavy atom. The van der Waals surface area contributed by atoms with Crippen LogP contribution in [0.5, 0.6) is 5.75 Å². The first-order valence-corrected chi connectivity index (χ1v) is 8.13. The summed E-state index contributed by atoms with van der Waals surface area (Å²) in [5.41, 5.74) is 0.782. The molecule has 0 fully saturated rings. The first-order valence-electron chi connectivity index (χ1n) is 6.46. The second kappa shape index (κ2) is 7.52. The number of carbonyl (C=O) groups excluding carboxylic acids is 1. The van der Waals surface area contributed by atoms with Crippen molar-refractivity contribution in [2.45, 2.75) is 17.1 Å². The van der Waals surface area contributed by atoms with E-state index in [0.717, 1.165) is 20.8 Å². The first kappa shape index (κ1) is 15.9. The SMILES string of the molecule is COc1ccc(S[C@@H](C)C(=O)Nc2ccccc2Br)cc1. The van der Waals surface area contributed by atoms with E-state index < -0.39 is 0 Å². The molecule has 3 nitrogen and oxygen atoms in total. The maximum absolute atomic E-state index is 12.2. The number of methoxy groups -OCH3 is 1. The standard InChI is InChI=1S/C16H16BrNO2S/c1-11(21-13-9-7-12(20-2)8-10-13)16(19)18-15-6-4-3-5-14(15)17/h3-11H,1-2H3,(H,18,19)/t11-/m0/s1. The third-order valence-electron chi connectivity index (χ3n) is 2.87. The molecule has 2 aromatic carbocycles. The van der Waals surface area contributed by atoms with Crippen molar-refractivity contribution < 1.29 is 9.53 Å². The Kier molecular flexibility index (Phi) is 5.70. The Hall–Kier alpha value is -1.46. The van der Waals surface area contributed by atoms with Gasteiger partial charge in [0.2, 0.25) is 5.91 Å². The van der Waals surface area contributed by atoms with E-state index in [0.29, 0.717) is 0 Å². The molecule has 21 heavy (non-hydrogen) atoms. The van der Waals surface area contributed by atoms with Gasteiger partial charge in [-0.05, 0) is 59.3 Å². The van der Waals surface area contributed by atoms with Gasteiger partial charge in [0.1, 0.15) is 5.75 Å². The van der Waals surface area contributed by atoms with E-state index in [9.17, 15) is 4.79 Å². The maximum atomic E-state index is 12.2. The van der Waals surface area contributed by atoms with Gasteiger partial charge in [0, 0.05) is 9.37 Å². The highest BCUT2D eigenvalue weighted by Gasteiger charge is 2.15. The molecule has 0 aliphatic rings. The molecule has 1 atom stereocenters. The van der Waals surface area contributed by atoms with Gasteiger partial charge in [-0.15, -0.1) is 11.8 Å². The number of amides is 1. The van der Waals surface area contributed by atoms with Crippen LogP contribution in [-0.4, -0.2) is 18.3 Å². The molecule has 2 rings (SSSR count). The number of benzene rings is 2. The number of anilines is 1. The molecule has 2 aromatic rings. The van der Waals surface area contributed by atoms with Gasteiger partial charge in [-0.25, -0.2) is 0 Å². The summed E-state index contributed by atoms with van der Waals surface area (Å²) in [6, 6.07) is 15.2. The lowest BCUT2D eigenvalue weighted by molar-refractivity contribution is -0.115. The van der Waals surface area contributed by atoms with Crippen LogP contribution in [0.3, 0.4) is 0 Å². The van der Waals surface area contributed by atoms with Gasteiger partial charge in [0.15, 0.2) is 0 Å². The summed E-state index contributed by atoms with van der Waals surface area (Å²) in [6.45, 7) is 1.89. The van der Waals surface area contributed by atoms with Crippen molar-refractivity contribution in [2.24, 2.45) is 0 Å². The number of thioether (sulfide) groups is 1. The third-order valence-corrected chi connectivity index (χ3v) is 4.68. The average Bonchev–Trinajstić information content (AvgIpc) is 2.50. The normalized spacial score (nSPS) is 11.8. The minimum absolute atomic E-state index is 0.0253. The molecule has 5 heteroatoms. The van der Waals surface area contributed by atoms with Gasteiger partial charge in [0.25, 0.3) is 0 Å². The molecular weight excluding hydrogens is 350 g/mol. The van der Waals surface area contributed by atoms with Crippen molar-refractivity contribution in [3.05, 3.63) is 53.0 Å². The Morgan fingerprint density at radius 3 is 2.48 bits per heavy atom. The number of para-hydroxylation sites is 1. The van der Waals surface area contributed by atoms with Gasteiger partial charge in [0.05, 0.1) is 18.0 Å². The summed E-state index contributed by atoms with van der Waals surface area (Å²) in [5.74, 6) is 0.785. The first-order chi connectivity index (χ1) is 10.1. The molecule has 0 radical (unpaired) electrons. The molecule has 110 valence electrons. The molecule has 1 amide bonds. The second-order valence-corrected chi connectivity index (χ2v) is 6.67. The Bertz CT molecular complexity index is 616. The van der Waals surface area contributed by atoms with E-state index in [2.05, 4.69) is 21.2 Å². The minimum Gasteiger partial charge on any atom is -0.497 e. The van der Waals surface area contributed by atoms with Crippen LogP contribution < -0.4 is 10.1 Å². The van der Waals surface area contributed by atoms with Crippen LogP contribution in [0, 0.1) is 0 Å². The Balaban J connectivity index is 1.97. The highest BCUT2D eigenvalue weighted by Crippen LogP contribution is 2.27. The van der Waals surface area contributed by atoms with Gasteiger partial charge < -0.3 is 10.1 Å². The van der Waals surface area contributed by atoms with Gasteiger partial charge in [-0.3, -0.25) is 4.79 Å². The van der Waals surface area contributed by atoms with E-state index in [1.165, 1.54) is 11.8 Å². The van der Waals surface area contributed by atoms with E-state index in [1.54, 1.807) is 7.11 Å². The number of ether oxygens (including phenoxy) is 1. The van der Waals surface area contributed by atoms with Gasteiger partial charge >= 0.3 is 0 Å². The summed E-state index contributed by atoms with van der Waals surface area (Å²) >= 11 is 4.93. The number of hydrogen-bond acceptors (Lipinski definition) is 3. The molecule has 0 aromatic heterocycles. The number of hydrogen-bond donors (Lipinski definition) is 1. The highest BCUT2D eigenvalue weighted by atomic mass is 79.9. The van der Waals surface area contributed by atoms with Crippen molar-refractivity contribution in [2.75, 3.05) is 12.4 Å². The number of carbonyl (C=O) groups is 1. The van der Waals surface area contributed by atoms with Crippen molar-refractivity contribution in [3.8, 4) is 5.75 Å². The summed E-state index contributed by atoms with van der Waals surface area (Å²) in [4.78, 5) is 13.2. The van der Waals surface area contributed by atoms with Crippen LogP contribution in [0.1, 0.15) is 6.92 Å². The zero-order valence-corrected chi connectivity index (χ0v) is 14.2. The van der Waals surface area contributed by atoms with Crippen molar-refractivity contribution in [1.82, 2.24) is 0 Å². The van der Waals surface area contributed by atoms with Crippen molar-refractivity contribution in [1.29, 1.82) is 0 Å². The zero-order chi connectivity index (χ0) is 15.2. The van der Waals surface area contributed by atoms with Crippen LogP contribution in [0.2, 0.25) is 0 Å². The second-order valence-electron chi connectivity index (χ2n) is 4.40. The fourth-order valence-electron chi connectivity index (χ4n) is 1.71. The zero-order valence-electron chi connectivity index (χ0n) is 11.8. The van der Waals surface area contributed by atoms with E-state index in [1.807, 2.05) is 55.5 Å². The smallest absolute Gasteiger partial charge is 0.237 e. The Labute approximate surface area is 137 Å². The Morgan fingerprint density at radius 1 is 1.19 bits per heavy atom. The van der Waals surface area contributed by atoms with Crippen LogP contribution >= 0.6 is 27.7 Å². The lowest BCUT2D eigenvalue weighted by atomic mass is 10.3. The predicted octanol–water partition coefficient (Wildman–Crippen LogP) is 4.58. The van der Waals surface area contributed by atoms with Crippen LogP contribution in [0.4, 0.5) is 5.69 Å². The topological polar surface area (TPSA) is 38.3 Å². The van der Waals surface area contributed by atoms with E-state index >= 15 is 0 Å². The van der Waals surface area contributed by atoms with E-state index in [-0.39, 0.29) is 11.2 Å². The molecule has 0 unspecified atom stereocenters. The summed E-state index contributed by atoms with van der Waals surface area (Å²) in [5, 5.41) is 2.73. The predicted molar refractivity (Wildman–Crippen MR) is 91.1 cm³/mol. The summed E-state index contributed by atoms with van der Waals surface area (Å²) < 4.78 is 6.00. The van der Waals surface area contributed by atoms with Crippen LogP contribution in [-0.2, 0) is 4.79 Å². The molecule has 0 aliphatic carbocycles. The van der Waals surface area contributed by atoms with Crippen molar-refractivity contribution in [3.63, 3.8) is 0 Å². The van der Waals surface area contributed by atoms with Crippen LogP contribution in [0.25, 0.3) is 0 Å². The van der Waals surface area contributed by atoms with Crippen LogP contribution in [0.15, 0.2) is 57.9 Å². The number of halogens is 1. The summed E-state index contributed by atoms with van der Waals surface area (Å²) in [6.07, 6.45) is 0. The summed E-state index contributed by atoms with van der Waals surface area (Å²) in [7, 11) is 1.63. The molecule has 0 spiro atoms. The molecular formula is C16H16BrNO2S. The quantitative estimate of drug-likeness (QED) is 0.788. The van der Waals surface area contributed by atoms with Gasteiger partial charge in [-0.2, -0.15) is 0 Å². The average molecular weight is 366 g/mol. The molecule has 0 saturated heterocycles. The fraction of sp³-hybridized carbons (Fsp3) is 0.188. The highest BCUT2D eigenvalue weighted by molar-refractivity contribution is 9.10. The fourth-order valence-corrected chi connectivity index (χ4v) is 2.96. The van der Waals surface area contributed by atoms with Crippen molar-refractivity contribution >= 4 is 39.3 Å². The molecule has 0 aliphatic heterocycles.